The lowest BCUT2D eigenvalue weighted by molar-refractivity contribution is -0.0817. The van der Waals surface area contributed by atoms with Gasteiger partial charge in [0.15, 0.2) is 5.78 Å². The number of carbonyl (C=O) groups excluding carboxylic acids is 1. The molecule has 1 aliphatic rings. The molecule has 0 aliphatic carbocycles. The van der Waals surface area contributed by atoms with Gasteiger partial charge in [0.05, 0.1) is 31.3 Å². The number of aryl methyl sites for hydroxylation is 2. The first-order valence-electron chi connectivity index (χ1n) is 6.02. The van der Waals surface area contributed by atoms with Crippen molar-refractivity contribution in [3.05, 3.63) is 28.8 Å². The fourth-order valence-electron chi connectivity index (χ4n) is 2.34. The molecule has 4 heteroatoms. The van der Waals surface area contributed by atoms with E-state index in [-0.39, 0.29) is 5.78 Å². The van der Waals surface area contributed by atoms with E-state index < -0.39 is 5.41 Å². The largest absolute Gasteiger partial charge is 0.496 e. The lowest BCUT2D eigenvalue weighted by atomic mass is 9.77. The van der Waals surface area contributed by atoms with Crippen molar-refractivity contribution in [2.24, 2.45) is 11.1 Å². The zero-order chi connectivity index (χ0) is 13.3. The predicted octanol–water partition coefficient (Wildman–Crippen LogP) is 1.47. The number of hydrogen-bond acceptors (Lipinski definition) is 4. The molecule has 1 heterocycles. The molecule has 0 saturated carbocycles. The van der Waals surface area contributed by atoms with Crippen LogP contribution in [0.4, 0.5) is 0 Å². The summed E-state index contributed by atoms with van der Waals surface area (Å²) in [7, 11) is 1.58. The third-order valence-electron chi connectivity index (χ3n) is 3.52. The van der Waals surface area contributed by atoms with E-state index in [1.807, 2.05) is 26.0 Å². The Morgan fingerprint density at radius 1 is 1.44 bits per heavy atom. The van der Waals surface area contributed by atoms with Crippen LogP contribution in [0, 0.1) is 19.3 Å². The van der Waals surface area contributed by atoms with Crippen LogP contribution in [0.1, 0.15) is 21.5 Å². The van der Waals surface area contributed by atoms with Gasteiger partial charge in [0.25, 0.3) is 0 Å². The minimum atomic E-state index is -0.562. The average molecular weight is 249 g/mol. The maximum Gasteiger partial charge on any atom is 0.178 e. The van der Waals surface area contributed by atoms with Gasteiger partial charge in [-0.3, -0.25) is 4.79 Å². The van der Waals surface area contributed by atoms with Crippen molar-refractivity contribution >= 4 is 5.78 Å². The second kappa shape index (κ2) is 4.71. The molecular weight excluding hydrogens is 230 g/mol. The molecule has 18 heavy (non-hydrogen) atoms. The average Bonchev–Trinajstić information content (AvgIpc) is 2.26. The Morgan fingerprint density at radius 3 is 2.56 bits per heavy atom. The first kappa shape index (κ1) is 13.1. The lowest BCUT2D eigenvalue weighted by Gasteiger charge is -2.39. The molecular formula is C14H19NO3. The summed E-state index contributed by atoms with van der Waals surface area (Å²) in [5, 5.41) is 0. The van der Waals surface area contributed by atoms with Gasteiger partial charge < -0.3 is 15.2 Å². The third-order valence-corrected chi connectivity index (χ3v) is 3.52. The van der Waals surface area contributed by atoms with E-state index in [0.29, 0.717) is 31.1 Å². The van der Waals surface area contributed by atoms with Crippen LogP contribution >= 0.6 is 0 Å². The highest BCUT2D eigenvalue weighted by atomic mass is 16.5. The smallest absolute Gasteiger partial charge is 0.178 e. The summed E-state index contributed by atoms with van der Waals surface area (Å²) in [6.07, 6.45) is 0. The predicted molar refractivity (Wildman–Crippen MR) is 69.1 cm³/mol. The van der Waals surface area contributed by atoms with Crippen molar-refractivity contribution < 1.29 is 14.3 Å². The Hall–Kier alpha value is -1.39. The van der Waals surface area contributed by atoms with Crippen LogP contribution in [-0.2, 0) is 4.74 Å². The lowest BCUT2D eigenvalue weighted by Crippen LogP contribution is -2.54. The first-order chi connectivity index (χ1) is 8.54. The highest BCUT2D eigenvalue weighted by molar-refractivity contribution is 6.05. The minimum Gasteiger partial charge on any atom is -0.496 e. The van der Waals surface area contributed by atoms with Crippen LogP contribution in [0.5, 0.6) is 5.75 Å². The highest BCUT2D eigenvalue weighted by Crippen LogP contribution is 2.35. The fourth-order valence-corrected chi connectivity index (χ4v) is 2.34. The van der Waals surface area contributed by atoms with E-state index in [4.69, 9.17) is 15.2 Å². The van der Waals surface area contributed by atoms with Crippen LogP contribution in [-0.4, -0.2) is 32.7 Å². The molecule has 0 radical (unpaired) electrons. The number of methoxy groups -OCH3 is 1. The Bertz CT molecular complexity index is 473. The number of rotatable bonds is 4. The first-order valence-corrected chi connectivity index (χ1v) is 6.02. The van der Waals surface area contributed by atoms with Gasteiger partial charge in [-0.15, -0.1) is 0 Å². The molecule has 0 unspecified atom stereocenters. The standard InChI is InChI=1S/C14H19NO3/c1-9-4-10(2)12(11(5-9)17-3)13(16)14(6-15)7-18-8-14/h4-5H,6-8,15H2,1-3H3. The Balaban J connectivity index is 2.47. The van der Waals surface area contributed by atoms with Gasteiger partial charge in [0.2, 0.25) is 0 Å². The van der Waals surface area contributed by atoms with Gasteiger partial charge >= 0.3 is 0 Å². The number of nitrogens with two attached hydrogens (primary N) is 1. The van der Waals surface area contributed by atoms with E-state index in [0.717, 1.165) is 11.1 Å². The molecule has 4 nitrogen and oxygen atoms in total. The van der Waals surface area contributed by atoms with Crippen LogP contribution in [0.2, 0.25) is 0 Å². The molecule has 1 aromatic rings. The molecule has 98 valence electrons. The van der Waals surface area contributed by atoms with Gasteiger partial charge in [0, 0.05) is 6.54 Å². The van der Waals surface area contributed by atoms with Gasteiger partial charge in [-0.25, -0.2) is 0 Å². The summed E-state index contributed by atoms with van der Waals surface area (Å²) in [6, 6.07) is 3.86. The van der Waals surface area contributed by atoms with Gasteiger partial charge in [-0.2, -0.15) is 0 Å². The van der Waals surface area contributed by atoms with Gasteiger partial charge in [0.1, 0.15) is 5.75 Å². The number of ether oxygens (including phenoxy) is 2. The third kappa shape index (κ3) is 1.91. The summed E-state index contributed by atoms with van der Waals surface area (Å²) in [5.74, 6) is 0.655. The zero-order valence-electron chi connectivity index (χ0n) is 11.1. The monoisotopic (exact) mass is 249 g/mol. The number of Topliss-reactive ketones (excluding diaryl/α,β-unsaturated/α-hetero) is 1. The Kier molecular flexibility index (Phi) is 3.41. The number of ketones is 1. The van der Waals surface area contributed by atoms with E-state index in [2.05, 4.69) is 0 Å². The van der Waals surface area contributed by atoms with E-state index in [1.165, 1.54) is 0 Å². The number of benzene rings is 1. The van der Waals surface area contributed by atoms with Crippen molar-refractivity contribution in [1.29, 1.82) is 0 Å². The molecule has 2 N–H and O–H groups in total. The van der Waals surface area contributed by atoms with Crippen LogP contribution in [0.25, 0.3) is 0 Å². The second-order valence-corrected chi connectivity index (χ2v) is 4.97. The summed E-state index contributed by atoms with van der Waals surface area (Å²) < 4.78 is 10.5. The summed E-state index contributed by atoms with van der Waals surface area (Å²) in [5.41, 5.74) is 7.81. The molecule has 0 atom stereocenters. The fraction of sp³-hybridized carbons (Fsp3) is 0.500. The molecule has 0 aromatic heterocycles. The van der Waals surface area contributed by atoms with Crippen molar-refractivity contribution in [3.63, 3.8) is 0 Å². The molecule has 0 bridgehead atoms. The van der Waals surface area contributed by atoms with Gasteiger partial charge in [-0.1, -0.05) is 6.07 Å². The number of carbonyl (C=O) groups is 1. The molecule has 2 rings (SSSR count). The maximum atomic E-state index is 12.7. The van der Waals surface area contributed by atoms with E-state index in [9.17, 15) is 4.79 Å². The maximum absolute atomic E-state index is 12.7. The van der Waals surface area contributed by atoms with Crippen LogP contribution in [0.15, 0.2) is 12.1 Å². The quantitative estimate of drug-likeness (QED) is 0.821. The Morgan fingerprint density at radius 2 is 2.11 bits per heavy atom. The number of hydrogen-bond donors (Lipinski definition) is 1. The topological polar surface area (TPSA) is 61.5 Å². The SMILES string of the molecule is COc1cc(C)cc(C)c1C(=O)C1(CN)COC1. The van der Waals surface area contributed by atoms with E-state index >= 15 is 0 Å². The molecule has 1 saturated heterocycles. The second-order valence-electron chi connectivity index (χ2n) is 4.97. The summed E-state index contributed by atoms with van der Waals surface area (Å²) in [4.78, 5) is 12.7. The molecule has 0 amide bonds. The van der Waals surface area contributed by atoms with Crippen LogP contribution < -0.4 is 10.5 Å². The van der Waals surface area contributed by atoms with Crippen LogP contribution in [0.3, 0.4) is 0 Å². The minimum absolute atomic E-state index is 0.0330. The van der Waals surface area contributed by atoms with Crippen molar-refractivity contribution in [3.8, 4) is 5.75 Å². The molecule has 1 fully saturated rings. The van der Waals surface area contributed by atoms with E-state index in [1.54, 1.807) is 7.11 Å². The molecule has 1 aliphatic heterocycles. The van der Waals surface area contributed by atoms with Gasteiger partial charge in [-0.05, 0) is 31.0 Å². The van der Waals surface area contributed by atoms with Crippen molar-refractivity contribution in [1.82, 2.24) is 0 Å². The molecule has 1 aromatic carbocycles. The normalized spacial score (nSPS) is 17.1. The van der Waals surface area contributed by atoms with Crippen molar-refractivity contribution in [2.45, 2.75) is 13.8 Å². The summed E-state index contributed by atoms with van der Waals surface area (Å²) >= 11 is 0. The highest BCUT2D eigenvalue weighted by Gasteiger charge is 2.46. The molecule has 0 spiro atoms. The summed E-state index contributed by atoms with van der Waals surface area (Å²) in [6.45, 7) is 5.02. The Labute approximate surface area is 107 Å². The zero-order valence-corrected chi connectivity index (χ0v) is 11.1. The van der Waals surface area contributed by atoms with Crippen molar-refractivity contribution in [2.75, 3.05) is 26.9 Å².